The van der Waals surface area contributed by atoms with Gasteiger partial charge in [-0.1, -0.05) is 11.6 Å². The Morgan fingerprint density at radius 1 is 1.40 bits per heavy atom. The Labute approximate surface area is 122 Å². The highest BCUT2D eigenvalue weighted by atomic mass is 35.5. The number of imidazole rings is 1. The van der Waals surface area contributed by atoms with E-state index in [1.54, 1.807) is 29.6 Å². The van der Waals surface area contributed by atoms with E-state index in [9.17, 15) is 4.79 Å². The first-order valence-electron chi connectivity index (χ1n) is 6.31. The van der Waals surface area contributed by atoms with Crippen molar-refractivity contribution < 1.29 is 9.90 Å². The van der Waals surface area contributed by atoms with Crippen LogP contribution in [0.25, 0.3) is 0 Å². The second-order valence-corrected chi connectivity index (χ2v) is 4.83. The van der Waals surface area contributed by atoms with Crippen LogP contribution in [-0.2, 0) is 17.9 Å². The highest BCUT2D eigenvalue weighted by molar-refractivity contribution is 6.30. The van der Waals surface area contributed by atoms with E-state index in [4.69, 9.17) is 16.7 Å². The Bertz CT molecular complexity index is 580. The van der Waals surface area contributed by atoms with Crippen molar-refractivity contribution in [2.75, 3.05) is 11.4 Å². The summed E-state index contributed by atoms with van der Waals surface area (Å²) in [5, 5.41) is 9.69. The van der Waals surface area contributed by atoms with Crippen molar-refractivity contribution in [2.45, 2.75) is 20.0 Å². The fourth-order valence-corrected chi connectivity index (χ4v) is 2.14. The van der Waals surface area contributed by atoms with E-state index >= 15 is 0 Å². The first-order valence-corrected chi connectivity index (χ1v) is 6.69. The van der Waals surface area contributed by atoms with E-state index in [1.807, 2.05) is 23.6 Å². The van der Waals surface area contributed by atoms with E-state index < -0.39 is 5.97 Å². The third-order valence-corrected chi connectivity index (χ3v) is 3.26. The van der Waals surface area contributed by atoms with Gasteiger partial charge in [0.15, 0.2) is 0 Å². The number of hydrogen-bond donors (Lipinski definition) is 1. The summed E-state index contributed by atoms with van der Waals surface area (Å²) < 4.78 is 1.99. The minimum absolute atomic E-state index is 0.0729. The molecule has 0 aliphatic rings. The van der Waals surface area contributed by atoms with Crippen LogP contribution in [0.15, 0.2) is 36.8 Å². The number of carbonyl (C=O) groups is 1. The Morgan fingerprint density at radius 3 is 2.70 bits per heavy atom. The van der Waals surface area contributed by atoms with Gasteiger partial charge in [-0.05, 0) is 31.2 Å². The molecule has 20 heavy (non-hydrogen) atoms. The monoisotopic (exact) mass is 293 g/mol. The van der Waals surface area contributed by atoms with Gasteiger partial charge in [-0.25, -0.2) is 4.98 Å². The van der Waals surface area contributed by atoms with Crippen molar-refractivity contribution in [3.8, 4) is 0 Å². The molecular weight excluding hydrogens is 278 g/mol. The molecule has 2 rings (SSSR count). The molecule has 0 aliphatic heterocycles. The highest BCUT2D eigenvalue weighted by Crippen LogP contribution is 2.20. The van der Waals surface area contributed by atoms with Gasteiger partial charge in [-0.3, -0.25) is 4.79 Å². The number of rotatable bonds is 6. The number of halogens is 1. The van der Waals surface area contributed by atoms with Crippen LogP contribution in [0.2, 0.25) is 5.02 Å². The fourth-order valence-electron chi connectivity index (χ4n) is 2.01. The van der Waals surface area contributed by atoms with Crippen LogP contribution in [0.5, 0.6) is 0 Å². The average molecular weight is 294 g/mol. The van der Waals surface area contributed by atoms with Crippen LogP contribution < -0.4 is 4.90 Å². The Kier molecular flexibility index (Phi) is 4.63. The van der Waals surface area contributed by atoms with Crippen LogP contribution in [0, 0.1) is 0 Å². The molecule has 0 aliphatic carbocycles. The lowest BCUT2D eigenvalue weighted by Crippen LogP contribution is -2.30. The number of benzene rings is 1. The summed E-state index contributed by atoms with van der Waals surface area (Å²) >= 11 is 5.86. The van der Waals surface area contributed by atoms with Crippen molar-refractivity contribution in [1.82, 2.24) is 9.55 Å². The van der Waals surface area contributed by atoms with Gasteiger partial charge >= 0.3 is 5.97 Å². The maximum absolute atomic E-state index is 11.0. The van der Waals surface area contributed by atoms with E-state index in [1.165, 1.54) is 0 Å². The van der Waals surface area contributed by atoms with Gasteiger partial charge < -0.3 is 14.6 Å². The van der Waals surface area contributed by atoms with Crippen LogP contribution in [0.4, 0.5) is 5.69 Å². The Morgan fingerprint density at radius 2 is 2.10 bits per heavy atom. The Hall–Kier alpha value is -2.01. The third-order valence-electron chi connectivity index (χ3n) is 3.01. The van der Waals surface area contributed by atoms with Gasteiger partial charge in [-0.15, -0.1) is 0 Å². The largest absolute Gasteiger partial charge is 0.480 e. The molecule has 0 unspecified atom stereocenters. The predicted molar refractivity (Wildman–Crippen MR) is 78.0 cm³/mol. The lowest BCUT2D eigenvalue weighted by Gasteiger charge is -2.23. The molecule has 106 valence electrons. The van der Waals surface area contributed by atoms with E-state index in [2.05, 4.69) is 4.98 Å². The molecule has 1 aromatic carbocycles. The molecule has 1 aromatic heterocycles. The summed E-state index contributed by atoms with van der Waals surface area (Å²) in [5.74, 6) is -0.873. The van der Waals surface area contributed by atoms with Crippen LogP contribution in [0.1, 0.15) is 12.6 Å². The van der Waals surface area contributed by atoms with Crippen LogP contribution in [-0.4, -0.2) is 27.2 Å². The van der Waals surface area contributed by atoms with Crippen molar-refractivity contribution >= 4 is 23.3 Å². The molecule has 0 amide bonds. The van der Waals surface area contributed by atoms with E-state index in [0.29, 0.717) is 11.6 Å². The average Bonchev–Trinajstić information content (AvgIpc) is 2.85. The third kappa shape index (κ3) is 3.51. The second-order valence-electron chi connectivity index (χ2n) is 4.40. The SMILES string of the molecule is CCn1cncc1CN(CC(=O)O)c1ccc(Cl)cc1. The number of aryl methyl sites for hydroxylation is 1. The summed E-state index contributed by atoms with van der Waals surface area (Å²) in [5.41, 5.74) is 1.80. The molecule has 0 bridgehead atoms. The molecule has 0 atom stereocenters. The summed E-state index contributed by atoms with van der Waals surface area (Å²) in [6.07, 6.45) is 3.50. The Balaban J connectivity index is 2.23. The van der Waals surface area contributed by atoms with Gasteiger partial charge in [-0.2, -0.15) is 0 Å². The quantitative estimate of drug-likeness (QED) is 0.889. The first kappa shape index (κ1) is 14.4. The lowest BCUT2D eigenvalue weighted by atomic mass is 10.2. The van der Waals surface area contributed by atoms with Gasteiger partial charge in [0.1, 0.15) is 6.54 Å². The molecule has 0 radical (unpaired) electrons. The van der Waals surface area contributed by atoms with E-state index in [-0.39, 0.29) is 6.54 Å². The number of aliphatic carboxylic acids is 1. The zero-order valence-corrected chi connectivity index (χ0v) is 11.9. The van der Waals surface area contributed by atoms with Crippen LogP contribution >= 0.6 is 11.6 Å². The minimum Gasteiger partial charge on any atom is -0.480 e. The lowest BCUT2D eigenvalue weighted by molar-refractivity contribution is -0.135. The molecule has 0 saturated heterocycles. The number of nitrogens with zero attached hydrogens (tertiary/aromatic N) is 3. The summed E-state index contributed by atoms with van der Waals surface area (Å²) in [6.45, 7) is 3.24. The van der Waals surface area contributed by atoms with Crippen molar-refractivity contribution in [1.29, 1.82) is 0 Å². The first-order chi connectivity index (χ1) is 9.60. The minimum atomic E-state index is -0.873. The molecule has 1 heterocycles. The van der Waals surface area contributed by atoms with Gasteiger partial charge in [0.05, 0.1) is 18.6 Å². The summed E-state index contributed by atoms with van der Waals surface area (Å²) in [4.78, 5) is 16.9. The maximum atomic E-state index is 11.0. The fraction of sp³-hybridized carbons (Fsp3) is 0.286. The molecule has 1 N–H and O–H groups in total. The number of hydrogen-bond acceptors (Lipinski definition) is 3. The molecular formula is C14H16ClN3O2. The van der Waals surface area contributed by atoms with Gasteiger partial charge in [0.2, 0.25) is 0 Å². The van der Waals surface area contributed by atoms with Gasteiger partial charge in [0, 0.05) is 23.5 Å². The zero-order valence-electron chi connectivity index (χ0n) is 11.2. The zero-order chi connectivity index (χ0) is 14.5. The van der Waals surface area contributed by atoms with E-state index in [0.717, 1.165) is 17.9 Å². The molecule has 6 heteroatoms. The molecule has 5 nitrogen and oxygen atoms in total. The highest BCUT2D eigenvalue weighted by Gasteiger charge is 2.13. The van der Waals surface area contributed by atoms with Gasteiger partial charge in [0.25, 0.3) is 0 Å². The number of aromatic nitrogens is 2. The molecule has 0 spiro atoms. The number of carboxylic acids is 1. The molecule has 0 saturated carbocycles. The second kappa shape index (κ2) is 6.43. The summed E-state index contributed by atoms with van der Waals surface area (Å²) in [7, 11) is 0. The predicted octanol–water partition coefficient (Wildman–Crippen LogP) is 2.65. The standard InChI is InChI=1S/C14H16ClN3O2/c1-2-17-10-16-7-13(17)8-18(9-14(19)20)12-5-3-11(15)4-6-12/h3-7,10H,2,8-9H2,1H3,(H,19,20). The van der Waals surface area contributed by atoms with Crippen molar-refractivity contribution in [2.24, 2.45) is 0 Å². The maximum Gasteiger partial charge on any atom is 0.323 e. The molecule has 0 fully saturated rings. The van der Waals surface area contributed by atoms with Crippen molar-refractivity contribution in [3.05, 3.63) is 47.5 Å². The topological polar surface area (TPSA) is 58.4 Å². The smallest absolute Gasteiger partial charge is 0.323 e. The number of anilines is 1. The van der Waals surface area contributed by atoms with Crippen molar-refractivity contribution in [3.63, 3.8) is 0 Å². The molecule has 2 aromatic rings. The summed E-state index contributed by atoms with van der Waals surface area (Å²) in [6, 6.07) is 7.14. The van der Waals surface area contributed by atoms with Crippen LogP contribution in [0.3, 0.4) is 0 Å². The normalized spacial score (nSPS) is 10.5. The number of carboxylic acid groups (broad SMARTS) is 1.